The molecule has 1 amide bonds. The summed E-state index contributed by atoms with van der Waals surface area (Å²) in [5, 5.41) is 3.13. The van der Waals surface area contributed by atoms with Gasteiger partial charge in [-0.3, -0.25) is 4.79 Å². The lowest BCUT2D eigenvalue weighted by Gasteiger charge is -2.33. The van der Waals surface area contributed by atoms with E-state index in [1.165, 1.54) is 5.56 Å². The molecule has 2 aromatic carbocycles. The fourth-order valence-electron chi connectivity index (χ4n) is 4.00. The Morgan fingerprint density at radius 2 is 1.87 bits per heavy atom. The van der Waals surface area contributed by atoms with Gasteiger partial charge in [-0.25, -0.2) is 9.97 Å². The Bertz CT molecular complexity index is 1000. The zero-order chi connectivity index (χ0) is 21.6. The fraction of sp³-hybridized carbons (Fsp3) is 0.346. The molecule has 1 aliphatic heterocycles. The Balaban J connectivity index is 1.37. The molecule has 0 radical (unpaired) electrons. The summed E-state index contributed by atoms with van der Waals surface area (Å²) in [5.74, 6) is 2.21. The Hall–Kier alpha value is -3.21. The van der Waals surface area contributed by atoms with Gasteiger partial charge < -0.3 is 10.2 Å². The van der Waals surface area contributed by atoms with Crippen LogP contribution in [-0.4, -0.2) is 29.0 Å². The van der Waals surface area contributed by atoms with Gasteiger partial charge in [-0.2, -0.15) is 0 Å². The molecule has 0 bridgehead atoms. The van der Waals surface area contributed by atoms with E-state index in [4.69, 9.17) is 4.98 Å². The Kier molecular flexibility index (Phi) is 6.60. The normalized spacial score (nSPS) is 16.4. The number of benzene rings is 2. The summed E-state index contributed by atoms with van der Waals surface area (Å²) in [4.78, 5) is 24.2. The van der Waals surface area contributed by atoms with Crippen LogP contribution in [0.15, 0.2) is 66.9 Å². The first-order chi connectivity index (χ1) is 15.1. The average Bonchev–Trinajstić information content (AvgIpc) is 2.83. The van der Waals surface area contributed by atoms with E-state index in [-0.39, 0.29) is 11.8 Å². The molecule has 1 atom stereocenters. The number of rotatable bonds is 6. The first kappa shape index (κ1) is 21.0. The van der Waals surface area contributed by atoms with Crippen LogP contribution in [0.2, 0.25) is 0 Å². The maximum absolute atomic E-state index is 12.8. The van der Waals surface area contributed by atoms with Crippen molar-refractivity contribution in [3.8, 4) is 11.4 Å². The van der Waals surface area contributed by atoms with Crippen molar-refractivity contribution in [1.29, 1.82) is 0 Å². The second kappa shape index (κ2) is 9.73. The van der Waals surface area contributed by atoms with Crippen LogP contribution in [0, 0.1) is 5.92 Å². The van der Waals surface area contributed by atoms with Gasteiger partial charge in [-0.05, 0) is 36.0 Å². The number of piperidine rings is 1. The summed E-state index contributed by atoms with van der Waals surface area (Å²) in [6.07, 6.45) is 3.69. The zero-order valence-corrected chi connectivity index (χ0v) is 18.3. The number of hydrogen-bond donors (Lipinski definition) is 1. The van der Waals surface area contributed by atoms with Crippen molar-refractivity contribution in [2.24, 2.45) is 5.92 Å². The van der Waals surface area contributed by atoms with E-state index in [0.717, 1.165) is 42.2 Å². The third-order valence-electron chi connectivity index (χ3n) is 5.90. The molecular formula is C26H30N4O. The predicted octanol–water partition coefficient (Wildman–Crippen LogP) is 4.80. The number of nitrogens with one attached hydrogen (secondary N) is 1. The summed E-state index contributed by atoms with van der Waals surface area (Å²) in [5.41, 5.74) is 3.45. The summed E-state index contributed by atoms with van der Waals surface area (Å²) < 4.78 is 0. The number of anilines is 1. The highest BCUT2D eigenvalue weighted by Gasteiger charge is 2.26. The van der Waals surface area contributed by atoms with Gasteiger partial charge in [0.15, 0.2) is 5.82 Å². The molecule has 4 rings (SSSR count). The van der Waals surface area contributed by atoms with Gasteiger partial charge in [-0.15, -0.1) is 0 Å². The Labute approximate surface area is 184 Å². The molecule has 5 nitrogen and oxygen atoms in total. The molecule has 3 aromatic rings. The highest BCUT2D eigenvalue weighted by Crippen LogP contribution is 2.24. The van der Waals surface area contributed by atoms with Crippen LogP contribution in [0.1, 0.15) is 43.7 Å². The van der Waals surface area contributed by atoms with Crippen LogP contribution in [0.25, 0.3) is 11.4 Å². The molecular weight excluding hydrogens is 384 g/mol. The molecule has 0 spiro atoms. The number of nitrogens with zero attached hydrogens (tertiary/aromatic N) is 3. The highest BCUT2D eigenvalue weighted by atomic mass is 16.1. The average molecular weight is 415 g/mol. The predicted molar refractivity (Wildman–Crippen MR) is 125 cm³/mol. The number of carbonyl (C=O) groups excluding carboxylic acids is 1. The second-order valence-corrected chi connectivity index (χ2v) is 8.50. The minimum Gasteiger partial charge on any atom is -0.356 e. The van der Waals surface area contributed by atoms with E-state index in [0.29, 0.717) is 19.0 Å². The highest BCUT2D eigenvalue weighted by molar-refractivity contribution is 5.79. The quantitative estimate of drug-likeness (QED) is 0.629. The molecule has 0 saturated carbocycles. The SMILES string of the molecule is CC(C)c1ccc(CNC(=O)[C@@H]2CCCN(c3ccnc(-c4ccccc4)n3)C2)cc1. The maximum atomic E-state index is 12.8. The molecule has 5 heteroatoms. The third kappa shape index (κ3) is 5.29. The van der Waals surface area contributed by atoms with Crippen molar-refractivity contribution in [1.82, 2.24) is 15.3 Å². The van der Waals surface area contributed by atoms with E-state index < -0.39 is 0 Å². The third-order valence-corrected chi connectivity index (χ3v) is 5.90. The number of aromatic nitrogens is 2. The molecule has 0 aliphatic carbocycles. The van der Waals surface area contributed by atoms with Crippen molar-refractivity contribution < 1.29 is 4.79 Å². The first-order valence-corrected chi connectivity index (χ1v) is 11.1. The van der Waals surface area contributed by atoms with Gasteiger partial charge in [0, 0.05) is 31.4 Å². The van der Waals surface area contributed by atoms with Gasteiger partial charge in [-0.1, -0.05) is 68.4 Å². The minimum absolute atomic E-state index is 0.0289. The molecule has 31 heavy (non-hydrogen) atoms. The van der Waals surface area contributed by atoms with E-state index in [2.05, 4.69) is 53.3 Å². The molecule has 1 saturated heterocycles. The fourth-order valence-corrected chi connectivity index (χ4v) is 4.00. The summed E-state index contributed by atoms with van der Waals surface area (Å²) in [7, 11) is 0. The summed E-state index contributed by atoms with van der Waals surface area (Å²) >= 11 is 0. The minimum atomic E-state index is -0.0289. The maximum Gasteiger partial charge on any atom is 0.225 e. The van der Waals surface area contributed by atoms with E-state index in [1.54, 1.807) is 6.20 Å². The van der Waals surface area contributed by atoms with Gasteiger partial charge in [0.25, 0.3) is 0 Å². The number of hydrogen-bond acceptors (Lipinski definition) is 4. The van der Waals surface area contributed by atoms with Crippen molar-refractivity contribution >= 4 is 11.7 Å². The van der Waals surface area contributed by atoms with E-state index in [9.17, 15) is 4.79 Å². The van der Waals surface area contributed by atoms with Crippen molar-refractivity contribution in [3.63, 3.8) is 0 Å². The first-order valence-electron chi connectivity index (χ1n) is 11.1. The lowest BCUT2D eigenvalue weighted by Crippen LogP contribution is -2.43. The molecule has 0 unspecified atom stereocenters. The van der Waals surface area contributed by atoms with Crippen molar-refractivity contribution in [2.75, 3.05) is 18.0 Å². The summed E-state index contributed by atoms with van der Waals surface area (Å²) in [6.45, 7) is 6.53. The molecule has 1 aliphatic rings. The van der Waals surface area contributed by atoms with Crippen LogP contribution in [0.3, 0.4) is 0 Å². The van der Waals surface area contributed by atoms with E-state index >= 15 is 0 Å². The van der Waals surface area contributed by atoms with Crippen LogP contribution in [-0.2, 0) is 11.3 Å². The molecule has 1 aromatic heterocycles. The van der Waals surface area contributed by atoms with Crippen LogP contribution < -0.4 is 10.2 Å². The topological polar surface area (TPSA) is 58.1 Å². The Morgan fingerprint density at radius 3 is 2.61 bits per heavy atom. The van der Waals surface area contributed by atoms with Crippen molar-refractivity contribution in [3.05, 3.63) is 78.0 Å². The largest absolute Gasteiger partial charge is 0.356 e. The molecule has 1 fully saturated rings. The van der Waals surface area contributed by atoms with Gasteiger partial charge in [0.05, 0.1) is 5.92 Å². The van der Waals surface area contributed by atoms with Crippen molar-refractivity contribution in [2.45, 2.75) is 39.2 Å². The van der Waals surface area contributed by atoms with Crippen LogP contribution >= 0.6 is 0 Å². The van der Waals surface area contributed by atoms with Gasteiger partial charge >= 0.3 is 0 Å². The number of amides is 1. The van der Waals surface area contributed by atoms with Gasteiger partial charge in [0.2, 0.25) is 5.91 Å². The molecule has 2 heterocycles. The molecule has 1 N–H and O–H groups in total. The monoisotopic (exact) mass is 414 g/mol. The summed E-state index contributed by atoms with van der Waals surface area (Å²) in [6, 6.07) is 20.4. The number of carbonyl (C=O) groups is 1. The van der Waals surface area contributed by atoms with Crippen LogP contribution in [0.5, 0.6) is 0 Å². The molecule has 160 valence electrons. The lowest BCUT2D eigenvalue weighted by atomic mass is 9.97. The zero-order valence-electron chi connectivity index (χ0n) is 18.3. The standard InChI is InChI=1S/C26H30N4O/c1-19(2)21-12-10-20(11-13-21)17-28-26(31)23-9-6-16-30(18-23)24-14-15-27-25(29-24)22-7-4-3-5-8-22/h3-5,7-8,10-15,19,23H,6,9,16-18H2,1-2H3,(H,28,31)/t23-/m1/s1. The smallest absolute Gasteiger partial charge is 0.225 e. The Morgan fingerprint density at radius 1 is 1.10 bits per heavy atom. The van der Waals surface area contributed by atoms with E-state index in [1.807, 2.05) is 36.4 Å². The van der Waals surface area contributed by atoms with Crippen LogP contribution in [0.4, 0.5) is 5.82 Å². The van der Waals surface area contributed by atoms with Gasteiger partial charge in [0.1, 0.15) is 5.82 Å². The lowest BCUT2D eigenvalue weighted by molar-refractivity contribution is -0.125. The second-order valence-electron chi connectivity index (χ2n) is 8.50.